The van der Waals surface area contributed by atoms with Gasteiger partial charge in [0, 0.05) is 31.8 Å². The highest BCUT2D eigenvalue weighted by Crippen LogP contribution is 2.40. The van der Waals surface area contributed by atoms with Gasteiger partial charge >= 0.3 is 0 Å². The van der Waals surface area contributed by atoms with Gasteiger partial charge in [-0.2, -0.15) is 0 Å². The molecule has 0 saturated carbocycles. The smallest absolute Gasteiger partial charge is 0.296 e. The number of nitrogens with zero attached hydrogens (tertiary/aromatic N) is 4. The summed E-state index contributed by atoms with van der Waals surface area (Å²) in [7, 11) is 1.57. The quantitative estimate of drug-likeness (QED) is 0.193. The van der Waals surface area contributed by atoms with Crippen molar-refractivity contribution < 1.29 is 14.6 Å². The number of amides is 1. The highest BCUT2D eigenvalue weighted by molar-refractivity contribution is 9.10. The van der Waals surface area contributed by atoms with Crippen molar-refractivity contribution in [1.29, 1.82) is 0 Å². The van der Waals surface area contributed by atoms with E-state index in [2.05, 4.69) is 42.1 Å². The Morgan fingerprint density at radius 2 is 1.76 bits per heavy atom. The van der Waals surface area contributed by atoms with Gasteiger partial charge in [-0.15, -0.1) is 10.2 Å². The number of azo groups is 1. The third kappa shape index (κ3) is 4.89. The zero-order chi connectivity index (χ0) is 26.1. The van der Waals surface area contributed by atoms with Crippen LogP contribution in [-0.2, 0) is 6.54 Å². The van der Waals surface area contributed by atoms with Crippen molar-refractivity contribution in [3.63, 3.8) is 0 Å². The molecule has 1 N–H and O–H groups in total. The van der Waals surface area contributed by atoms with Crippen LogP contribution in [0.4, 0.5) is 5.69 Å². The average Bonchev–Trinajstić information content (AvgIpc) is 3.16. The lowest BCUT2D eigenvalue weighted by Gasteiger charge is -2.09. The van der Waals surface area contributed by atoms with E-state index in [0.717, 1.165) is 26.4 Å². The van der Waals surface area contributed by atoms with Gasteiger partial charge in [0.05, 0.1) is 29.4 Å². The molecule has 9 heteroatoms. The van der Waals surface area contributed by atoms with E-state index in [0.29, 0.717) is 39.8 Å². The van der Waals surface area contributed by atoms with Gasteiger partial charge in [0.15, 0.2) is 5.69 Å². The van der Waals surface area contributed by atoms with Gasteiger partial charge in [0.1, 0.15) is 5.75 Å². The second-order valence-electron chi connectivity index (χ2n) is 8.44. The number of methoxy groups -OCH3 is 1. The molecule has 0 saturated heterocycles. The Morgan fingerprint density at radius 1 is 1.00 bits per heavy atom. The van der Waals surface area contributed by atoms with Crippen LogP contribution in [0.5, 0.6) is 11.6 Å². The Hall–Kier alpha value is -3.56. The molecule has 5 rings (SSSR count). The number of aromatic hydroxyl groups is 1. The SMILES string of the molecule is CCCn1c(O)c(N=NC(=O)c2cc(-c3ccc(Br)cc3)nc3ccc(OC)cc23)c2cc(Br)ccc21. The van der Waals surface area contributed by atoms with E-state index >= 15 is 0 Å². The van der Waals surface area contributed by atoms with Crippen molar-refractivity contribution >= 4 is 65.3 Å². The van der Waals surface area contributed by atoms with Gasteiger partial charge in [0.25, 0.3) is 5.91 Å². The Bertz CT molecular complexity index is 1680. The maximum atomic E-state index is 13.5. The van der Waals surface area contributed by atoms with Crippen LogP contribution >= 0.6 is 31.9 Å². The summed E-state index contributed by atoms with van der Waals surface area (Å²) < 4.78 is 8.93. The van der Waals surface area contributed by atoms with E-state index in [1.807, 2.05) is 55.5 Å². The number of rotatable bonds is 6. The molecule has 0 spiro atoms. The maximum Gasteiger partial charge on any atom is 0.296 e. The Morgan fingerprint density at radius 3 is 2.49 bits per heavy atom. The number of halogens is 2. The molecule has 3 aromatic carbocycles. The number of fused-ring (bicyclic) bond motifs is 2. The van der Waals surface area contributed by atoms with Gasteiger partial charge < -0.3 is 14.4 Å². The number of hydrogen-bond acceptors (Lipinski definition) is 5. The van der Waals surface area contributed by atoms with Crippen molar-refractivity contribution in [3.05, 3.63) is 81.2 Å². The number of hydrogen-bond donors (Lipinski definition) is 1. The van der Waals surface area contributed by atoms with Crippen LogP contribution < -0.4 is 4.74 Å². The minimum atomic E-state index is -0.551. The lowest BCUT2D eigenvalue weighted by Crippen LogP contribution is -1.99. The highest BCUT2D eigenvalue weighted by atomic mass is 79.9. The van der Waals surface area contributed by atoms with Crippen molar-refractivity contribution in [1.82, 2.24) is 9.55 Å². The van der Waals surface area contributed by atoms with Crippen molar-refractivity contribution in [2.24, 2.45) is 10.2 Å². The molecule has 0 atom stereocenters. The number of aromatic nitrogens is 2. The van der Waals surface area contributed by atoms with Crippen LogP contribution in [0.3, 0.4) is 0 Å². The fourth-order valence-corrected chi connectivity index (χ4v) is 4.90. The second-order valence-corrected chi connectivity index (χ2v) is 10.3. The lowest BCUT2D eigenvalue weighted by atomic mass is 10.0. The monoisotopic (exact) mass is 620 g/mol. The summed E-state index contributed by atoms with van der Waals surface area (Å²) in [6, 6.07) is 20.4. The molecule has 0 bridgehead atoms. The van der Waals surface area contributed by atoms with E-state index in [9.17, 15) is 9.90 Å². The molecular formula is C28H22Br2N4O3. The highest BCUT2D eigenvalue weighted by Gasteiger charge is 2.19. The first-order chi connectivity index (χ1) is 17.9. The molecular weight excluding hydrogens is 600 g/mol. The normalized spacial score (nSPS) is 11.6. The third-order valence-electron chi connectivity index (χ3n) is 6.05. The summed E-state index contributed by atoms with van der Waals surface area (Å²) in [5.41, 5.74) is 3.53. The van der Waals surface area contributed by atoms with Crippen LogP contribution in [0.2, 0.25) is 0 Å². The van der Waals surface area contributed by atoms with Crippen LogP contribution in [0, 0.1) is 0 Å². The Balaban J connectivity index is 1.63. The number of aryl methyl sites for hydroxylation is 1. The first-order valence-electron chi connectivity index (χ1n) is 11.6. The predicted molar refractivity (Wildman–Crippen MR) is 152 cm³/mol. The third-order valence-corrected chi connectivity index (χ3v) is 7.07. The first kappa shape index (κ1) is 25.1. The van der Waals surface area contributed by atoms with Crippen LogP contribution in [0.25, 0.3) is 33.1 Å². The largest absolute Gasteiger partial charge is 0.497 e. The summed E-state index contributed by atoms with van der Waals surface area (Å²) in [5.74, 6) is 0.0231. The Labute approximate surface area is 230 Å². The number of ether oxygens (including phenoxy) is 1. The zero-order valence-electron chi connectivity index (χ0n) is 20.1. The van der Waals surface area contributed by atoms with Crippen molar-refractivity contribution in [2.45, 2.75) is 19.9 Å². The number of carbonyl (C=O) groups is 1. The summed E-state index contributed by atoms with van der Waals surface area (Å²) in [6.45, 7) is 2.64. The topological polar surface area (TPSA) is 89.1 Å². The minimum Gasteiger partial charge on any atom is -0.497 e. The minimum absolute atomic E-state index is 0.0247. The van der Waals surface area contributed by atoms with E-state index in [-0.39, 0.29) is 11.6 Å². The molecule has 0 aliphatic heterocycles. The van der Waals surface area contributed by atoms with Gasteiger partial charge in [-0.25, -0.2) is 4.98 Å². The van der Waals surface area contributed by atoms with Crippen LogP contribution in [0.15, 0.2) is 85.9 Å². The maximum absolute atomic E-state index is 13.5. The van der Waals surface area contributed by atoms with Crippen molar-refractivity contribution in [3.8, 4) is 22.9 Å². The molecule has 0 aliphatic carbocycles. The predicted octanol–water partition coefficient (Wildman–Crippen LogP) is 8.43. The summed E-state index contributed by atoms with van der Waals surface area (Å²) in [6.07, 6.45) is 0.826. The van der Waals surface area contributed by atoms with E-state index < -0.39 is 5.91 Å². The second kappa shape index (κ2) is 10.4. The molecule has 2 aromatic heterocycles. The molecule has 0 fully saturated rings. The molecule has 0 aliphatic rings. The number of pyridine rings is 1. The molecule has 2 heterocycles. The van der Waals surface area contributed by atoms with E-state index in [4.69, 9.17) is 9.72 Å². The number of benzene rings is 3. The standard InChI is InChI=1S/C28H22Br2N4O3/c1-3-12-34-25-11-8-18(30)13-22(25)26(28(34)36)32-33-27(35)21-15-24(16-4-6-17(29)7-5-16)31-23-10-9-19(37-2)14-20(21)23/h4-11,13-15,36H,3,12H2,1-2H3. The molecule has 0 unspecified atom stereocenters. The van der Waals surface area contributed by atoms with E-state index in [1.165, 1.54) is 0 Å². The summed E-state index contributed by atoms with van der Waals surface area (Å²) in [4.78, 5) is 18.2. The first-order valence-corrected chi connectivity index (χ1v) is 13.2. The molecule has 5 aromatic rings. The fourth-order valence-electron chi connectivity index (χ4n) is 4.27. The van der Waals surface area contributed by atoms with E-state index in [1.54, 1.807) is 29.9 Å². The summed E-state index contributed by atoms with van der Waals surface area (Å²) >= 11 is 6.93. The molecule has 1 amide bonds. The van der Waals surface area contributed by atoms with Gasteiger partial charge in [0.2, 0.25) is 5.88 Å². The summed E-state index contributed by atoms with van der Waals surface area (Å²) in [5, 5.41) is 20.5. The van der Waals surface area contributed by atoms with Gasteiger partial charge in [-0.1, -0.05) is 50.9 Å². The van der Waals surface area contributed by atoms with Crippen molar-refractivity contribution in [2.75, 3.05) is 7.11 Å². The fraction of sp³-hybridized carbons (Fsp3) is 0.143. The lowest BCUT2D eigenvalue weighted by molar-refractivity contribution is 0.0996. The zero-order valence-corrected chi connectivity index (χ0v) is 23.2. The van der Waals surface area contributed by atoms with Gasteiger partial charge in [-0.3, -0.25) is 4.79 Å². The molecule has 0 radical (unpaired) electrons. The average molecular weight is 622 g/mol. The molecule has 186 valence electrons. The number of carbonyl (C=O) groups excluding carboxylic acids is 1. The Kier molecular flexibility index (Phi) is 7.08. The van der Waals surface area contributed by atoms with Gasteiger partial charge in [-0.05, 0) is 61.0 Å². The van der Waals surface area contributed by atoms with Crippen LogP contribution in [0.1, 0.15) is 23.7 Å². The molecule has 37 heavy (non-hydrogen) atoms. The van der Waals surface area contributed by atoms with Crippen LogP contribution in [-0.4, -0.2) is 27.7 Å². The molecule has 7 nitrogen and oxygen atoms in total.